The topological polar surface area (TPSA) is 74.6 Å². The van der Waals surface area contributed by atoms with Gasteiger partial charge in [0, 0.05) is 12.8 Å². The molecule has 0 fully saturated rings. The zero-order chi connectivity index (χ0) is 12.3. The van der Waals surface area contributed by atoms with E-state index in [4.69, 9.17) is 10.2 Å². The lowest BCUT2D eigenvalue weighted by molar-refractivity contribution is -0.139. The molecule has 0 radical (unpaired) electrons. The molecule has 0 unspecified atom stereocenters. The molecule has 0 aliphatic rings. The van der Waals surface area contributed by atoms with Crippen LogP contribution >= 0.6 is 0 Å². The van der Waals surface area contributed by atoms with E-state index in [9.17, 15) is 9.59 Å². The Morgan fingerprint density at radius 1 is 1.00 bits per heavy atom. The molecule has 0 aliphatic carbocycles. The highest BCUT2D eigenvalue weighted by molar-refractivity contribution is 5.67. The Hall–Kier alpha value is -1.06. The van der Waals surface area contributed by atoms with E-state index in [1.54, 1.807) is 0 Å². The monoisotopic (exact) mass is 218 g/mol. The summed E-state index contributed by atoms with van der Waals surface area (Å²) in [5, 5.41) is 16.3. The fourth-order valence-corrected chi connectivity index (χ4v) is 0.552. The van der Waals surface area contributed by atoms with Crippen LogP contribution in [-0.2, 0) is 9.59 Å². The average Bonchev–Trinajstić information content (AvgIpc) is 2.13. The van der Waals surface area contributed by atoms with Gasteiger partial charge in [0.15, 0.2) is 0 Å². The molecule has 0 saturated carbocycles. The van der Waals surface area contributed by atoms with E-state index < -0.39 is 11.9 Å². The highest BCUT2D eigenvalue weighted by Crippen LogP contribution is 1.98. The zero-order valence-electron chi connectivity index (χ0n) is 9.82. The van der Waals surface area contributed by atoms with Crippen molar-refractivity contribution in [2.75, 3.05) is 0 Å². The van der Waals surface area contributed by atoms with Crippen molar-refractivity contribution in [1.82, 2.24) is 0 Å². The molecule has 4 heteroatoms. The number of hydrogen-bond donors (Lipinski definition) is 2. The lowest BCUT2D eigenvalue weighted by Gasteiger charge is -1.92. The van der Waals surface area contributed by atoms with Crippen LogP contribution in [0.5, 0.6) is 0 Å². The summed E-state index contributed by atoms with van der Waals surface area (Å²) >= 11 is 0. The van der Waals surface area contributed by atoms with Gasteiger partial charge in [-0.15, -0.1) is 0 Å². The van der Waals surface area contributed by atoms with Crippen molar-refractivity contribution in [1.29, 1.82) is 0 Å². The molecule has 0 bridgehead atoms. The van der Waals surface area contributed by atoms with E-state index >= 15 is 0 Å². The number of carboxylic acids is 2. The van der Waals surface area contributed by atoms with Crippen molar-refractivity contribution < 1.29 is 19.8 Å². The molecule has 0 atom stereocenters. The summed E-state index contributed by atoms with van der Waals surface area (Å²) in [6.07, 6.45) is 2.32. The van der Waals surface area contributed by atoms with Gasteiger partial charge in [-0.3, -0.25) is 9.59 Å². The Morgan fingerprint density at radius 2 is 1.27 bits per heavy atom. The number of carbonyl (C=O) groups is 2. The van der Waals surface area contributed by atoms with Crippen LogP contribution in [0.25, 0.3) is 0 Å². The van der Waals surface area contributed by atoms with Gasteiger partial charge in [-0.1, -0.05) is 27.2 Å². The van der Waals surface area contributed by atoms with Gasteiger partial charge >= 0.3 is 11.9 Å². The summed E-state index contributed by atoms with van der Waals surface area (Å²) < 4.78 is 0. The van der Waals surface area contributed by atoms with Gasteiger partial charge < -0.3 is 10.2 Å². The molecular weight excluding hydrogens is 196 g/mol. The molecule has 0 aromatic heterocycles. The molecular formula is C11H22O4. The number of unbranched alkanes of at least 4 members (excludes halogenated alkanes) is 1. The van der Waals surface area contributed by atoms with Crippen LogP contribution in [0.15, 0.2) is 0 Å². The van der Waals surface area contributed by atoms with E-state index in [0.717, 1.165) is 5.92 Å². The summed E-state index contributed by atoms with van der Waals surface area (Å²) in [6, 6.07) is 0. The molecule has 15 heavy (non-hydrogen) atoms. The van der Waals surface area contributed by atoms with E-state index in [2.05, 4.69) is 20.8 Å². The van der Waals surface area contributed by atoms with Gasteiger partial charge in [0.05, 0.1) is 0 Å². The number of carboxylic acid groups (broad SMARTS) is 2. The molecule has 4 nitrogen and oxygen atoms in total. The number of rotatable bonds is 6. The summed E-state index contributed by atoms with van der Waals surface area (Å²) in [5.41, 5.74) is 0. The maximum atomic E-state index is 9.90. The first-order valence-corrected chi connectivity index (χ1v) is 5.33. The third-order valence-electron chi connectivity index (χ3n) is 1.85. The lowest BCUT2D eigenvalue weighted by atomic mass is 10.2. The number of aliphatic carboxylic acids is 2. The van der Waals surface area contributed by atoms with Crippen LogP contribution in [0.4, 0.5) is 0 Å². The Kier molecular flexibility index (Phi) is 12.0. The van der Waals surface area contributed by atoms with Crippen molar-refractivity contribution in [3.8, 4) is 0 Å². The van der Waals surface area contributed by atoms with Crippen molar-refractivity contribution >= 4 is 11.9 Å². The van der Waals surface area contributed by atoms with Crippen LogP contribution in [-0.4, -0.2) is 22.2 Å². The highest BCUT2D eigenvalue weighted by Gasteiger charge is 1.99. The van der Waals surface area contributed by atoms with E-state index in [-0.39, 0.29) is 12.8 Å². The minimum absolute atomic E-state index is 0.0628. The smallest absolute Gasteiger partial charge is 0.303 e. The second-order valence-corrected chi connectivity index (χ2v) is 3.80. The van der Waals surface area contributed by atoms with Crippen LogP contribution in [0.1, 0.15) is 52.9 Å². The molecule has 0 aromatic carbocycles. The zero-order valence-corrected chi connectivity index (χ0v) is 9.82. The quantitative estimate of drug-likeness (QED) is 0.672. The predicted molar refractivity (Wildman–Crippen MR) is 58.9 cm³/mol. The molecule has 0 spiro atoms. The molecule has 0 rings (SSSR count). The van der Waals surface area contributed by atoms with Gasteiger partial charge in [-0.2, -0.15) is 0 Å². The SMILES string of the molecule is CCC(C)C.O=C(O)CCCCC(=O)O. The summed E-state index contributed by atoms with van der Waals surface area (Å²) in [6.45, 7) is 6.64. The van der Waals surface area contributed by atoms with E-state index in [1.807, 2.05) is 0 Å². The maximum Gasteiger partial charge on any atom is 0.303 e. The minimum atomic E-state index is -0.870. The fourth-order valence-electron chi connectivity index (χ4n) is 0.552. The second-order valence-electron chi connectivity index (χ2n) is 3.80. The van der Waals surface area contributed by atoms with Gasteiger partial charge in [-0.25, -0.2) is 0 Å². The first kappa shape index (κ1) is 16.4. The predicted octanol–water partition coefficient (Wildman–Crippen LogP) is 2.77. The van der Waals surface area contributed by atoms with Crippen LogP contribution in [0.3, 0.4) is 0 Å². The highest BCUT2D eigenvalue weighted by atomic mass is 16.4. The van der Waals surface area contributed by atoms with E-state index in [0.29, 0.717) is 12.8 Å². The first-order chi connectivity index (χ1) is 6.90. The molecule has 0 aromatic rings. The molecule has 0 saturated heterocycles. The van der Waals surface area contributed by atoms with E-state index in [1.165, 1.54) is 6.42 Å². The third-order valence-corrected chi connectivity index (χ3v) is 1.85. The van der Waals surface area contributed by atoms with Crippen molar-refractivity contribution in [3.63, 3.8) is 0 Å². The van der Waals surface area contributed by atoms with Gasteiger partial charge in [0.1, 0.15) is 0 Å². The molecule has 0 aliphatic heterocycles. The second kappa shape index (κ2) is 11.0. The largest absolute Gasteiger partial charge is 0.481 e. The van der Waals surface area contributed by atoms with Crippen molar-refractivity contribution in [2.45, 2.75) is 52.9 Å². The van der Waals surface area contributed by atoms with Crippen LogP contribution in [0, 0.1) is 5.92 Å². The van der Waals surface area contributed by atoms with Gasteiger partial charge in [0.2, 0.25) is 0 Å². The fraction of sp³-hybridized carbons (Fsp3) is 0.818. The van der Waals surface area contributed by atoms with Crippen LogP contribution in [0.2, 0.25) is 0 Å². The van der Waals surface area contributed by atoms with Gasteiger partial charge in [-0.05, 0) is 18.8 Å². The van der Waals surface area contributed by atoms with Gasteiger partial charge in [0.25, 0.3) is 0 Å². The first-order valence-electron chi connectivity index (χ1n) is 5.33. The standard InChI is InChI=1S/C6H10O4.C5H12/c7-5(8)3-1-2-4-6(9)10;1-4-5(2)3/h1-4H2,(H,7,8)(H,9,10);5H,4H2,1-3H3. The third kappa shape index (κ3) is 24.6. The molecule has 0 amide bonds. The minimum Gasteiger partial charge on any atom is -0.481 e. The van der Waals surface area contributed by atoms with Crippen molar-refractivity contribution in [3.05, 3.63) is 0 Å². The summed E-state index contributed by atoms with van der Waals surface area (Å²) in [4.78, 5) is 19.8. The van der Waals surface area contributed by atoms with Crippen molar-refractivity contribution in [2.24, 2.45) is 5.92 Å². The lowest BCUT2D eigenvalue weighted by Crippen LogP contribution is -1.97. The maximum absolute atomic E-state index is 9.90. The molecule has 2 N–H and O–H groups in total. The summed E-state index contributed by atoms with van der Waals surface area (Å²) in [5.74, 6) is -0.856. The molecule has 90 valence electrons. The normalized spacial score (nSPS) is 9.33. The average molecular weight is 218 g/mol. The summed E-state index contributed by atoms with van der Waals surface area (Å²) in [7, 11) is 0. The molecule has 0 heterocycles. The Bertz CT molecular complexity index is 159. The van der Waals surface area contributed by atoms with Crippen LogP contribution < -0.4 is 0 Å². The Morgan fingerprint density at radius 3 is 1.40 bits per heavy atom. The Labute approximate surface area is 91.3 Å². The Balaban J connectivity index is 0. The number of hydrogen-bond acceptors (Lipinski definition) is 2.